The lowest BCUT2D eigenvalue weighted by atomic mass is 10.0. The van der Waals surface area contributed by atoms with E-state index >= 15 is 0 Å². The van der Waals surface area contributed by atoms with Gasteiger partial charge in [0.05, 0.1) is 5.69 Å². The van der Waals surface area contributed by atoms with Crippen molar-refractivity contribution in [1.29, 1.82) is 0 Å². The van der Waals surface area contributed by atoms with Gasteiger partial charge in [-0.25, -0.2) is 4.39 Å². The van der Waals surface area contributed by atoms with Gasteiger partial charge in [0.25, 0.3) is 0 Å². The average Bonchev–Trinajstić information content (AvgIpc) is 1.97. The molecule has 12 heavy (non-hydrogen) atoms. The normalized spacial score (nSPS) is 10.8. The van der Waals surface area contributed by atoms with E-state index in [-0.39, 0.29) is 11.6 Å². The molecular weight excluding hydrogens is 177 g/mol. The van der Waals surface area contributed by atoms with E-state index in [4.69, 9.17) is 17.3 Å². The fourth-order valence-electron chi connectivity index (χ4n) is 1.12. The van der Waals surface area contributed by atoms with E-state index < -0.39 is 5.82 Å². The predicted octanol–water partition coefficient (Wildman–Crippen LogP) is 3.18. The van der Waals surface area contributed by atoms with Crippen LogP contribution in [0.2, 0.25) is 5.02 Å². The van der Waals surface area contributed by atoms with Crippen molar-refractivity contribution in [3.8, 4) is 0 Å². The second-order valence-corrected chi connectivity index (χ2v) is 3.43. The molecular formula is C9H11ClFN. The summed E-state index contributed by atoms with van der Waals surface area (Å²) in [5, 5.41) is 0.441. The van der Waals surface area contributed by atoms with Crippen LogP contribution < -0.4 is 5.73 Å². The Bertz CT molecular complexity index is 297. The second-order valence-electron chi connectivity index (χ2n) is 3.02. The van der Waals surface area contributed by atoms with Crippen molar-refractivity contribution in [3.63, 3.8) is 0 Å². The molecule has 0 spiro atoms. The molecule has 2 N–H and O–H groups in total. The minimum absolute atomic E-state index is 0.0565. The first-order valence-electron chi connectivity index (χ1n) is 3.77. The molecule has 0 aromatic heterocycles. The largest absolute Gasteiger partial charge is 0.396 e. The molecule has 0 atom stereocenters. The van der Waals surface area contributed by atoms with Crippen LogP contribution in [0, 0.1) is 5.82 Å². The van der Waals surface area contributed by atoms with Gasteiger partial charge in [-0.3, -0.25) is 0 Å². The molecule has 0 unspecified atom stereocenters. The molecule has 0 heterocycles. The highest BCUT2D eigenvalue weighted by Gasteiger charge is 2.13. The summed E-state index contributed by atoms with van der Waals surface area (Å²) in [6.45, 7) is 3.76. The number of hydrogen-bond donors (Lipinski definition) is 1. The highest BCUT2D eigenvalue weighted by Crippen LogP contribution is 2.29. The Balaban J connectivity index is 3.33. The van der Waals surface area contributed by atoms with Gasteiger partial charge in [-0.1, -0.05) is 25.4 Å². The fraction of sp³-hybridized carbons (Fsp3) is 0.333. The van der Waals surface area contributed by atoms with E-state index in [2.05, 4.69) is 0 Å². The number of halogens is 2. The van der Waals surface area contributed by atoms with Gasteiger partial charge in [-0.05, 0) is 18.1 Å². The van der Waals surface area contributed by atoms with Crippen LogP contribution in [0.25, 0.3) is 0 Å². The van der Waals surface area contributed by atoms with E-state index in [1.54, 1.807) is 6.07 Å². The first-order chi connectivity index (χ1) is 5.54. The van der Waals surface area contributed by atoms with Crippen molar-refractivity contribution in [1.82, 2.24) is 0 Å². The summed E-state index contributed by atoms with van der Waals surface area (Å²) < 4.78 is 13.3. The molecule has 0 radical (unpaired) electrons. The number of hydrogen-bond acceptors (Lipinski definition) is 1. The van der Waals surface area contributed by atoms with Crippen molar-refractivity contribution in [2.75, 3.05) is 5.73 Å². The zero-order valence-corrected chi connectivity index (χ0v) is 7.82. The third-order valence-electron chi connectivity index (χ3n) is 1.73. The predicted molar refractivity (Wildman–Crippen MR) is 49.9 cm³/mol. The molecule has 1 aromatic carbocycles. The minimum atomic E-state index is -0.391. The molecule has 1 rings (SSSR count). The fourth-order valence-corrected chi connectivity index (χ4v) is 1.48. The first-order valence-corrected chi connectivity index (χ1v) is 4.15. The summed E-state index contributed by atoms with van der Waals surface area (Å²) in [5.41, 5.74) is 6.05. The van der Waals surface area contributed by atoms with Gasteiger partial charge in [-0.2, -0.15) is 0 Å². The topological polar surface area (TPSA) is 26.0 Å². The third-order valence-corrected chi connectivity index (χ3v) is 2.06. The Morgan fingerprint density at radius 1 is 1.42 bits per heavy atom. The van der Waals surface area contributed by atoms with Crippen molar-refractivity contribution in [2.24, 2.45) is 0 Å². The van der Waals surface area contributed by atoms with Crippen LogP contribution >= 0.6 is 11.6 Å². The molecule has 0 saturated heterocycles. The summed E-state index contributed by atoms with van der Waals surface area (Å²) in [5.74, 6) is -0.335. The summed E-state index contributed by atoms with van der Waals surface area (Å²) in [6.07, 6.45) is 0. The molecule has 0 fully saturated rings. The SMILES string of the molecule is CC(C)c1c(Cl)ccc(N)c1F. The standard InChI is InChI=1S/C9H11ClFN/c1-5(2)8-6(10)3-4-7(12)9(8)11/h3-5H,12H2,1-2H3. The second kappa shape index (κ2) is 3.31. The number of nitrogen functional groups attached to an aromatic ring is 1. The van der Waals surface area contributed by atoms with Crippen molar-refractivity contribution < 1.29 is 4.39 Å². The van der Waals surface area contributed by atoms with Crippen LogP contribution in [0.5, 0.6) is 0 Å². The smallest absolute Gasteiger partial charge is 0.151 e. The van der Waals surface area contributed by atoms with Crippen LogP contribution in [-0.2, 0) is 0 Å². The van der Waals surface area contributed by atoms with E-state index in [0.29, 0.717) is 10.6 Å². The molecule has 0 bridgehead atoms. The van der Waals surface area contributed by atoms with E-state index in [1.807, 2.05) is 13.8 Å². The molecule has 0 aliphatic heterocycles. The molecule has 66 valence electrons. The maximum atomic E-state index is 13.3. The lowest BCUT2D eigenvalue weighted by molar-refractivity contribution is 0.603. The van der Waals surface area contributed by atoms with Gasteiger partial charge in [0.2, 0.25) is 0 Å². The number of nitrogens with two attached hydrogens (primary N) is 1. The van der Waals surface area contributed by atoms with Crippen LogP contribution in [0.1, 0.15) is 25.3 Å². The van der Waals surface area contributed by atoms with Crippen LogP contribution in [0.4, 0.5) is 10.1 Å². The number of rotatable bonds is 1. The van der Waals surface area contributed by atoms with Gasteiger partial charge in [0, 0.05) is 10.6 Å². The quantitative estimate of drug-likeness (QED) is 0.672. The van der Waals surface area contributed by atoms with Crippen LogP contribution in [0.15, 0.2) is 12.1 Å². The summed E-state index contributed by atoms with van der Waals surface area (Å²) in [6, 6.07) is 3.10. The minimum Gasteiger partial charge on any atom is -0.396 e. The molecule has 0 saturated carbocycles. The Morgan fingerprint density at radius 2 is 2.00 bits per heavy atom. The molecule has 1 aromatic rings. The van der Waals surface area contributed by atoms with Crippen molar-refractivity contribution in [3.05, 3.63) is 28.5 Å². The van der Waals surface area contributed by atoms with Crippen LogP contribution in [0.3, 0.4) is 0 Å². The zero-order valence-electron chi connectivity index (χ0n) is 7.07. The molecule has 0 amide bonds. The highest BCUT2D eigenvalue weighted by molar-refractivity contribution is 6.31. The molecule has 0 aliphatic carbocycles. The van der Waals surface area contributed by atoms with Gasteiger partial charge in [0.1, 0.15) is 0 Å². The lowest BCUT2D eigenvalue weighted by Crippen LogP contribution is -1.99. The van der Waals surface area contributed by atoms with E-state index in [0.717, 1.165) is 0 Å². The highest BCUT2D eigenvalue weighted by atomic mass is 35.5. The monoisotopic (exact) mass is 187 g/mol. The molecule has 1 nitrogen and oxygen atoms in total. The number of benzene rings is 1. The summed E-state index contributed by atoms with van der Waals surface area (Å²) >= 11 is 5.80. The van der Waals surface area contributed by atoms with Crippen molar-refractivity contribution in [2.45, 2.75) is 19.8 Å². The van der Waals surface area contributed by atoms with Crippen LogP contribution in [-0.4, -0.2) is 0 Å². The average molecular weight is 188 g/mol. The number of anilines is 1. The first kappa shape index (κ1) is 9.33. The Hall–Kier alpha value is -0.760. The Labute approximate surface area is 76.3 Å². The van der Waals surface area contributed by atoms with Gasteiger partial charge < -0.3 is 5.73 Å². The molecule has 3 heteroatoms. The lowest BCUT2D eigenvalue weighted by Gasteiger charge is -2.10. The van der Waals surface area contributed by atoms with Gasteiger partial charge >= 0.3 is 0 Å². The van der Waals surface area contributed by atoms with E-state index in [1.165, 1.54) is 6.07 Å². The van der Waals surface area contributed by atoms with Gasteiger partial charge in [-0.15, -0.1) is 0 Å². The zero-order chi connectivity index (χ0) is 9.30. The maximum Gasteiger partial charge on any atom is 0.151 e. The molecule has 0 aliphatic rings. The van der Waals surface area contributed by atoms with Crippen molar-refractivity contribution >= 4 is 17.3 Å². The Kier molecular flexibility index (Phi) is 2.58. The Morgan fingerprint density at radius 3 is 2.42 bits per heavy atom. The third kappa shape index (κ3) is 1.53. The summed E-state index contributed by atoms with van der Waals surface area (Å²) in [7, 11) is 0. The maximum absolute atomic E-state index is 13.3. The van der Waals surface area contributed by atoms with Gasteiger partial charge in [0.15, 0.2) is 5.82 Å². The summed E-state index contributed by atoms with van der Waals surface area (Å²) in [4.78, 5) is 0. The van der Waals surface area contributed by atoms with E-state index in [9.17, 15) is 4.39 Å².